The SMILES string of the molecule is c1ccc2c(c1)Oc1cccc3nc(N4c5ccccc5-c5ccccc5-n5c4nc4cc6ccccc6cc45)nc-2c13. The lowest BCUT2D eigenvalue weighted by Gasteiger charge is -2.25. The first-order chi connectivity index (χ1) is 21.3. The summed E-state index contributed by atoms with van der Waals surface area (Å²) in [5.74, 6) is 2.85. The summed E-state index contributed by atoms with van der Waals surface area (Å²) >= 11 is 0. The van der Waals surface area contributed by atoms with Crippen LogP contribution in [0, 0.1) is 0 Å². The van der Waals surface area contributed by atoms with E-state index >= 15 is 0 Å². The van der Waals surface area contributed by atoms with Crippen LogP contribution in [0.5, 0.6) is 11.5 Å². The van der Waals surface area contributed by atoms with Gasteiger partial charge >= 0.3 is 0 Å². The molecule has 2 aliphatic rings. The average Bonchev–Trinajstić information content (AvgIpc) is 3.35. The second-order valence-electron chi connectivity index (χ2n) is 10.9. The molecule has 0 amide bonds. The minimum absolute atomic E-state index is 0.553. The molecule has 0 fully saturated rings. The number of fused-ring (bicyclic) bond motifs is 10. The maximum absolute atomic E-state index is 6.28. The Hall–Kier alpha value is -6.01. The first-order valence-electron chi connectivity index (χ1n) is 14.3. The molecule has 10 rings (SSSR count). The van der Waals surface area contributed by atoms with Gasteiger partial charge in [0, 0.05) is 16.7 Å². The molecule has 0 saturated heterocycles. The predicted octanol–water partition coefficient (Wildman–Crippen LogP) is 9.34. The Labute approximate surface area is 246 Å². The Morgan fingerprint density at radius 2 is 1.19 bits per heavy atom. The number of nitrogens with zero attached hydrogens (tertiary/aromatic N) is 5. The molecular weight excluding hydrogens is 530 g/mol. The van der Waals surface area contributed by atoms with E-state index in [0.29, 0.717) is 5.95 Å². The molecule has 200 valence electrons. The zero-order valence-electron chi connectivity index (χ0n) is 22.8. The molecular formula is C37H21N5O. The van der Waals surface area contributed by atoms with Crippen molar-refractivity contribution in [1.29, 1.82) is 0 Å². The minimum atomic E-state index is 0.553. The lowest BCUT2D eigenvalue weighted by molar-refractivity contribution is 0.486. The summed E-state index contributed by atoms with van der Waals surface area (Å²) < 4.78 is 8.53. The molecule has 0 spiro atoms. The van der Waals surface area contributed by atoms with Crippen LogP contribution in [0.3, 0.4) is 0 Å². The van der Waals surface area contributed by atoms with E-state index in [1.807, 2.05) is 36.4 Å². The van der Waals surface area contributed by atoms with Gasteiger partial charge < -0.3 is 4.74 Å². The Morgan fingerprint density at radius 3 is 2.05 bits per heavy atom. The third-order valence-corrected chi connectivity index (χ3v) is 8.52. The number of imidazole rings is 1. The van der Waals surface area contributed by atoms with E-state index in [-0.39, 0.29) is 0 Å². The van der Waals surface area contributed by atoms with Crippen LogP contribution >= 0.6 is 0 Å². The van der Waals surface area contributed by atoms with E-state index in [1.165, 1.54) is 5.39 Å². The molecule has 6 aromatic carbocycles. The van der Waals surface area contributed by atoms with Crippen molar-refractivity contribution in [2.24, 2.45) is 0 Å². The van der Waals surface area contributed by atoms with E-state index in [0.717, 1.165) is 78.5 Å². The van der Waals surface area contributed by atoms with Gasteiger partial charge in [0.25, 0.3) is 0 Å². The third kappa shape index (κ3) is 3.09. The first kappa shape index (κ1) is 22.7. The van der Waals surface area contributed by atoms with Crippen LogP contribution in [0.15, 0.2) is 127 Å². The standard InChI is InChI=1S/C37H21N5O/c1-2-11-23-21-31-28(20-22(23)10-1)39-37-41(31)29-16-6-3-12-24(29)25-13-4-7-17-30(25)42(37)36-38-27-15-9-19-33-34(27)35(40-36)26-14-5-8-18-32(26)43-33/h1-21H. The highest BCUT2D eigenvalue weighted by atomic mass is 16.5. The summed E-state index contributed by atoms with van der Waals surface area (Å²) in [6.07, 6.45) is 0. The molecule has 2 aliphatic heterocycles. The molecule has 6 nitrogen and oxygen atoms in total. The Morgan fingerprint density at radius 1 is 0.512 bits per heavy atom. The van der Waals surface area contributed by atoms with E-state index in [4.69, 9.17) is 19.7 Å². The molecule has 4 heterocycles. The van der Waals surface area contributed by atoms with Gasteiger partial charge in [-0.1, -0.05) is 78.9 Å². The second kappa shape index (κ2) is 8.27. The van der Waals surface area contributed by atoms with Gasteiger partial charge in [0.1, 0.15) is 11.5 Å². The van der Waals surface area contributed by atoms with Crippen molar-refractivity contribution in [2.45, 2.75) is 0 Å². The summed E-state index contributed by atoms with van der Waals surface area (Å²) in [4.78, 5) is 17.9. The van der Waals surface area contributed by atoms with Crippen molar-refractivity contribution in [2.75, 3.05) is 4.90 Å². The van der Waals surface area contributed by atoms with Gasteiger partial charge in [-0.3, -0.25) is 4.57 Å². The van der Waals surface area contributed by atoms with Crippen molar-refractivity contribution in [3.05, 3.63) is 127 Å². The largest absolute Gasteiger partial charge is 0.456 e. The topological polar surface area (TPSA) is 56.1 Å². The van der Waals surface area contributed by atoms with Gasteiger partial charge in [0.15, 0.2) is 0 Å². The smallest absolute Gasteiger partial charge is 0.238 e. The maximum Gasteiger partial charge on any atom is 0.238 e. The maximum atomic E-state index is 6.28. The molecule has 43 heavy (non-hydrogen) atoms. The van der Waals surface area contributed by atoms with Crippen LogP contribution < -0.4 is 9.64 Å². The van der Waals surface area contributed by atoms with Gasteiger partial charge in [-0.25, -0.2) is 19.9 Å². The molecule has 0 atom stereocenters. The molecule has 0 radical (unpaired) electrons. The van der Waals surface area contributed by atoms with Gasteiger partial charge in [0.2, 0.25) is 11.9 Å². The molecule has 0 unspecified atom stereocenters. The summed E-state index contributed by atoms with van der Waals surface area (Å²) in [7, 11) is 0. The van der Waals surface area contributed by atoms with Crippen LogP contribution in [0.25, 0.3) is 60.8 Å². The number of aromatic nitrogens is 4. The minimum Gasteiger partial charge on any atom is -0.456 e. The molecule has 0 aliphatic carbocycles. The van der Waals surface area contributed by atoms with Gasteiger partial charge in [-0.15, -0.1) is 0 Å². The lowest BCUT2D eigenvalue weighted by atomic mass is 10.0. The van der Waals surface area contributed by atoms with Gasteiger partial charge in [-0.05, 0) is 59.3 Å². The van der Waals surface area contributed by atoms with E-state index < -0.39 is 0 Å². The van der Waals surface area contributed by atoms with Gasteiger partial charge in [0.05, 0.1) is 39.0 Å². The number of anilines is 3. The quantitative estimate of drug-likeness (QED) is 0.203. The molecule has 0 N–H and O–H groups in total. The highest BCUT2D eigenvalue weighted by Crippen LogP contribution is 2.50. The molecule has 6 heteroatoms. The third-order valence-electron chi connectivity index (χ3n) is 8.52. The Kier molecular flexibility index (Phi) is 4.36. The zero-order chi connectivity index (χ0) is 28.1. The van der Waals surface area contributed by atoms with E-state index in [2.05, 4.69) is 100 Å². The molecule has 8 aromatic rings. The Balaban J connectivity index is 1.35. The normalized spacial score (nSPS) is 12.8. The number of hydrogen-bond donors (Lipinski definition) is 0. The van der Waals surface area contributed by atoms with Crippen LogP contribution in [0.1, 0.15) is 0 Å². The number of hydrogen-bond acceptors (Lipinski definition) is 5. The second-order valence-corrected chi connectivity index (χ2v) is 10.9. The summed E-state index contributed by atoms with van der Waals surface area (Å²) in [5.41, 5.74) is 8.80. The zero-order valence-corrected chi connectivity index (χ0v) is 22.8. The van der Waals surface area contributed by atoms with Crippen LogP contribution in [0.2, 0.25) is 0 Å². The Bertz CT molecular complexity index is 2460. The molecule has 0 bridgehead atoms. The average molecular weight is 552 g/mol. The van der Waals surface area contributed by atoms with Gasteiger partial charge in [-0.2, -0.15) is 0 Å². The fourth-order valence-corrected chi connectivity index (χ4v) is 6.62. The number of rotatable bonds is 1. The first-order valence-corrected chi connectivity index (χ1v) is 14.3. The van der Waals surface area contributed by atoms with Crippen LogP contribution in [-0.4, -0.2) is 19.5 Å². The number of benzene rings is 6. The highest BCUT2D eigenvalue weighted by molar-refractivity contribution is 6.04. The summed E-state index contributed by atoms with van der Waals surface area (Å²) in [5, 5.41) is 3.23. The lowest BCUT2D eigenvalue weighted by Crippen LogP contribution is -2.17. The van der Waals surface area contributed by atoms with Crippen LogP contribution in [0.4, 0.5) is 17.6 Å². The highest BCUT2D eigenvalue weighted by Gasteiger charge is 2.32. The number of para-hydroxylation sites is 3. The fourth-order valence-electron chi connectivity index (χ4n) is 6.62. The van der Waals surface area contributed by atoms with Crippen molar-refractivity contribution in [3.63, 3.8) is 0 Å². The van der Waals surface area contributed by atoms with Crippen molar-refractivity contribution in [1.82, 2.24) is 19.5 Å². The van der Waals surface area contributed by atoms with Crippen molar-refractivity contribution >= 4 is 50.3 Å². The van der Waals surface area contributed by atoms with Crippen molar-refractivity contribution < 1.29 is 4.74 Å². The molecule has 2 aromatic heterocycles. The van der Waals surface area contributed by atoms with Crippen molar-refractivity contribution in [3.8, 4) is 39.6 Å². The monoisotopic (exact) mass is 551 g/mol. The molecule has 0 saturated carbocycles. The van der Waals surface area contributed by atoms with E-state index in [9.17, 15) is 0 Å². The summed E-state index contributed by atoms with van der Waals surface area (Å²) in [6.45, 7) is 0. The van der Waals surface area contributed by atoms with Crippen LogP contribution in [-0.2, 0) is 0 Å². The fraction of sp³-hybridized carbons (Fsp3) is 0. The summed E-state index contributed by atoms with van der Waals surface area (Å²) in [6, 6.07) is 43.8. The number of ether oxygens (including phenoxy) is 1. The predicted molar refractivity (Wildman–Crippen MR) is 171 cm³/mol. The van der Waals surface area contributed by atoms with E-state index in [1.54, 1.807) is 0 Å².